The van der Waals surface area contributed by atoms with Gasteiger partial charge in [-0.25, -0.2) is 0 Å². The Morgan fingerprint density at radius 2 is 1.00 bits per heavy atom. The molecule has 0 aromatic heterocycles. The van der Waals surface area contributed by atoms with Gasteiger partial charge < -0.3 is 0 Å². The van der Waals surface area contributed by atoms with Crippen molar-refractivity contribution in [3.05, 3.63) is 0 Å². The van der Waals surface area contributed by atoms with E-state index < -0.39 is 0 Å². The van der Waals surface area contributed by atoms with Crippen molar-refractivity contribution >= 4 is 17.4 Å². The summed E-state index contributed by atoms with van der Waals surface area (Å²) in [5.41, 5.74) is 0. The van der Waals surface area contributed by atoms with Crippen LogP contribution >= 0.6 is 0 Å². The van der Waals surface area contributed by atoms with Gasteiger partial charge in [-0.3, -0.25) is 0 Å². The van der Waals surface area contributed by atoms with E-state index in [9.17, 15) is 0 Å². The molecule has 0 spiro atoms. The Bertz CT molecular complexity index is 15.5. The molecule has 0 nitrogen and oxygen atoms in total. The zero-order chi connectivity index (χ0) is 0. The second-order valence-corrected chi connectivity index (χ2v) is 0. The Labute approximate surface area is 111 Å². The van der Waals surface area contributed by atoms with Gasteiger partial charge in [-0.1, -0.05) is 0 Å². The minimum Gasteiger partial charge on any atom is 0 e. The third-order valence-corrected chi connectivity index (χ3v) is 0. The van der Waals surface area contributed by atoms with Gasteiger partial charge in [0, 0.05) is 95.7 Å². The molecule has 0 aliphatic carbocycles. The van der Waals surface area contributed by atoms with Crippen molar-refractivity contribution in [3.8, 4) is 0 Å². The van der Waals surface area contributed by atoms with Crippen molar-refractivity contribution in [2.45, 2.75) is 0 Å². The summed E-state index contributed by atoms with van der Waals surface area (Å²) >= 11 is 0. The molecule has 6 heteroatoms. The Morgan fingerprint density at radius 3 is 1.00 bits per heavy atom. The third-order valence-electron chi connectivity index (χ3n) is 0. The molecule has 0 aliphatic heterocycles. The monoisotopic (exact) mass is 337 g/mol. The van der Waals surface area contributed by atoms with Crippen molar-refractivity contribution in [1.29, 1.82) is 0 Å². The first-order valence-electron chi connectivity index (χ1n) is 0. The minimum atomic E-state index is 0. The molecule has 0 N–H and O–H groups in total. The second kappa shape index (κ2) is 38.7. The van der Waals surface area contributed by atoms with Crippen molar-refractivity contribution in [3.63, 3.8) is 0 Å². The molecule has 0 heterocycles. The van der Waals surface area contributed by atoms with E-state index in [2.05, 4.69) is 0 Å². The predicted octanol–water partition coefficient (Wildman–Crippen LogP) is -1.20. The summed E-state index contributed by atoms with van der Waals surface area (Å²) < 4.78 is 0. The van der Waals surface area contributed by atoms with Crippen LogP contribution in [0.4, 0.5) is 0 Å². The van der Waals surface area contributed by atoms with Crippen LogP contribution in [0.2, 0.25) is 0 Å². The molecule has 6 heavy (non-hydrogen) atoms. The average Bonchev–Trinajstić information content (AvgIpc) is 0. The zero-order valence-electron chi connectivity index (χ0n) is 2.03. The molecule has 0 atom stereocenters. The molecule has 0 fully saturated rings. The molecular weight excluding hydrogens is 336 g/mol. The van der Waals surface area contributed by atoms with E-state index >= 15 is 0 Å². The molecule has 0 amide bonds. The van der Waals surface area contributed by atoms with Gasteiger partial charge in [0.1, 0.15) is 0 Å². The summed E-state index contributed by atoms with van der Waals surface area (Å²) in [6, 6.07) is 0. The van der Waals surface area contributed by atoms with Gasteiger partial charge in [-0.05, 0) is 0 Å². The standard InChI is InChI=1S/Al.Cr.Fe.Ni.V.Zr.3H. The molecule has 0 bridgehead atoms. The van der Waals surface area contributed by atoms with Crippen LogP contribution in [0.25, 0.3) is 0 Å². The first-order valence-corrected chi connectivity index (χ1v) is 0. The van der Waals surface area contributed by atoms with Crippen LogP contribution in [0.5, 0.6) is 0 Å². The van der Waals surface area contributed by atoms with E-state index in [1.54, 1.807) is 0 Å². The second-order valence-electron chi connectivity index (χ2n) is 0. The fourth-order valence-corrected chi connectivity index (χ4v) is 0. The molecule has 1 radical (unpaired) electrons. The molecule has 0 aromatic rings. The Morgan fingerprint density at radius 1 is 1.00 bits per heavy atom. The van der Waals surface area contributed by atoms with E-state index in [4.69, 9.17) is 0 Å². The molecule has 0 rings (SSSR count). The largest absolute Gasteiger partial charge is 0.187 e. The summed E-state index contributed by atoms with van der Waals surface area (Å²) in [5.74, 6) is 0. The fourth-order valence-electron chi connectivity index (χ4n) is 0. The minimum absolute atomic E-state index is 0. The van der Waals surface area contributed by atoms with Gasteiger partial charge in [-0.2, -0.15) is 0 Å². The van der Waals surface area contributed by atoms with Gasteiger partial charge in [0.25, 0.3) is 0 Å². The first kappa shape index (κ1) is 55.5. The molecule has 0 saturated heterocycles. The van der Waals surface area contributed by atoms with E-state index in [1.807, 2.05) is 0 Å². The molecular formula is H3AlCrFeNiVZr. The normalized spacial score (nSPS) is 0. The molecule has 0 aromatic carbocycles. The summed E-state index contributed by atoms with van der Waals surface area (Å²) in [7, 11) is 0. The van der Waals surface area contributed by atoms with Gasteiger partial charge in [0.2, 0.25) is 0 Å². The van der Waals surface area contributed by atoms with Crippen molar-refractivity contribution < 1.29 is 95.7 Å². The Balaban J connectivity index is 0. The van der Waals surface area contributed by atoms with Crippen LogP contribution in [-0.4, -0.2) is 17.4 Å². The fraction of sp³-hybridized carbons (Fsp3) is 0. The maximum absolute atomic E-state index is 0. The first-order chi connectivity index (χ1) is 0. The number of hydrogen-bond acceptors (Lipinski definition) is 0. The van der Waals surface area contributed by atoms with E-state index in [-0.39, 0.29) is 113 Å². The van der Waals surface area contributed by atoms with Crippen LogP contribution in [-0.2, 0) is 95.7 Å². The Kier molecular flexibility index (Phi) is 358. The van der Waals surface area contributed by atoms with Crippen molar-refractivity contribution in [1.82, 2.24) is 0 Å². The van der Waals surface area contributed by atoms with Crippen LogP contribution < -0.4 is 0 Å². The van der Waals surface area contributed by atoms with Crippen LogP contribution in [0.15, 0.2) is 0 Å². The Hall–Kier alpha value is 3.55. The molecule has 0 aliphatic rings. The molecule has 0 unspecified atom stereocenters. The van der Waals surface area contributed by atoms with E-state index in [0.717, 1.165) is 0 Å². The molecule has 39 valence electrons. The van der Waals surface area contributed by atoms with Gasteiger partial charge >= 0.3 is 0 Å². The van der Waals surface area contributed by atoms with Gasteiger partial charge in [-0.15, -0.1) is 0 Å². The van der Waals surface area contributed by atoms with E-state index in [0.29, 0.717) is 0 Å². The van der Waals surface area contributed by atoms with Crippen LogP contribution in [0.1, 0.15) is 0 Å². The van der Waals surface area contributed by atoms with Crippen molar-refractivity contribution in [2.24, 2.45) is 0 Å². The summed E-state index contributed by atoms with van der Waals surface area (Å²) in [5, 5.41) is 0. The zero-order valence-corrected chi connectivity index (χ0v) is 9.25. The third kappa shape index (κ3) is 25.7. The topological polar surface area (TPSA) is 0 Å². The van der Waals surface area contributed by atoms with Gasteiger partial charge in [0.15, 0.2) is 17.4 Å². The van der Waals surface area contributed by atoms with Gasteiger partial charge in [0.05, 0.1) is 0 Å². The van der Waals surface area contributed by atoms with Crippen LogP contribution in [0, 0.1) is 0 Å². The van der Waals surface area contributed by atoms with Crippen LogP contribution in [0.3, 0.4) is 0 Å². The summed E-state index contributed by atoms with van der Waals surface area (Å²) in [6.45, 7) is 0. The van der Waals surface area contributed by atoms with E-state index in [1.165, 1.54) is 0 Å². The number of hydrogen-bond donors (Lipinski definition) is 0. The smallest absolute Gasteiger partial charge is 0 e. The number of rotatable bonds is 0. The molecule has 0 saturated carbocycles. The summed E-state index contributed by atoms with van der Waals surface area (Å²) in [6.07, 6.45) is 0. The predicted molar refractivity (Wildman–Crippen MR) is 9.94 cm³/mol. The summed E-state index contributed by atoms with van der Waals surface area (Å²) in [4.78, 5) is 0. The average molecular weight is 339 g/mol. The maximum Gasteiger partial charge on any atom is 0.187 e. The van der Waals surface area contributed by atoms with Crippen molar-refractivity contribution in [2.75, 3.05) is 0 Å². The SMILES string of the molecule is [AlH3].[Cr].[Fe].[Ni].[V].[Zr]. The maximum atomic E-state index is 0. The quantitative estimate of drug-likeness (QED) is 0.487.